The molecule has 1 aliphatic heterocycles. The Morgan fingerprint density at radius 1 is 1.33 bits per heavy atom. The lowest BCUT2D eigenvalue weighted by Gasteiger charge is -2.36. The highest BCUT2D eigenvalue weighted by Gasteiger charge is 2.27. The number of likely N-dealkylation sites (tertiary alicyclic amines) is 1. The maximum Gasteiger partial charge on any atom is 0.317 e. The number of carboxylic acids is 1. The van der Waals surface area contributed by atoms with Crippen LogP contribution in [0, 0.1) is 11.8 Å². The van der Waals surface area contributed by atoms with Gasteiger partial charge >= 0.3 is 12.0 Å². The van der Waals surface area contributed by atoms with Gasteiger partial charge in [0, 0.05) is 19.1 Å². The van der Waals surface area contributed by atoms with E-state index in [1.165, 1.54) is 6.42 Å². The van der Waals surface area contributed by atoms with Crippen LogP contribution >= 0.6 is 0 Å². The number of carbonyl (C=O) groups is 2. The highest BCUT2D eigenvalue weighted by atomic mass is 16.4. The summed E-state index contributed by atoms with van der Waals surface area (Å²) in [5, 5.41) is 12.1. The minimum Gasteiger partial charge on any atom is -0.481 e. The third-order valence-corrected chi connectivity index (χ3v) is 4.11. The first-order chi connectivity index (χ1) is 9.95. The Morgan fingerprint density at radius 3 is 2.62 bits per heavy atom. The van der Waals surface area contributed by atoms with E-state index in [1.807, 2.05) is 18.7 Å². The molecule has 2 atom stereocenters. The molecule has 1 aliphatic rings. The van der Waals surface area contributed by atoms with Gasteiger partial charge in [0.15, 0.2) is 0 Å². The van der Waals surface area contributed by atoms with Gasteiger partial charge in [-0.25, -0.2) is 4.79 Å². The number of carbonyl (C=O) groups excluding carboxylic acids is 1. The Hall–Kier alpha value is -1.26. The van der Waals surface area contributed by atoms with E-state index in [4.69, 9.17) is 0 Å². The van der Waals surface area contributed by atoms with Crippen molar-refractivity contribution in [3.63, 3.8) is 0 Å². The van der Waals surface area contributed by atoms with Crippen molar-refractivity contribution in [2.45, 2.75) is 65.3 Å². The molecule has 2 unspecified atom stereocenters. The standard InChI is InChI=1S/C16H30N2O3/c1-4-7-14-8-5-6-9-18(14)16(21)17-11-13(15(19)20)10-12(2)3/h12-14H,4-11H2,1-3H3,(H,17,21)(H,19,20). The summed E-state index contributed by atoms with van der Waals surface area (Å²) in [4.78, 5) is 25.4. The van der Waals surface area contributed by atoms with E-state index in [0.29, 0.717) is 18.4 Å². The largest absolute Gasteiger partial charge is 0.481 e. The molecule has 2 amide bonds. The topological polar surface area (TPSA) is 69.6 Å². The fourth-order valence-electron chi connectivity index (χ4n) is 3.05. The van der Waals surface area contributed by atoms with Gasteiger partial charge in [-0.15, -0.1) is 0 Å². The van der Waals surface area contributed by atoms with Gasteiger partial charge in [-0.05, 0) is 38.0 Å². The van der Waals surface area contributed by atoms with Crippen LogP contribution in [0.3, 0.4) is 0 Å². The molecule has 0 aromatic heterocycles. The first-order valence-corrected chi connectivity index (χ1v) is 8.23. The smallest absolute Gasteiger partial charge is 0.317 e. The molecule has 21 heavy (non-hydrogen) atoms. The first kappa shape index (κ1) is 17.8. The van der Waals surface area contributed by atoms with Crippen molar-refractivity contribution in [3.05, 3.63) is 0 Å². The minimum absolute atomic E-state index is 0.0943. The molecule has 1 heterocycles. The van der Waals surface area contributed by atoms with Gasteiger partial charge in [-0.3, -0.25) is 4.79 Å². The van der Waals surface area contributed by atoms with Gasteiger partial charge in [0.2, 0.25) is 0 Å². The van der Waals surface area contributed by atoms with E-state index in [1.54, 1.807) is 0 Å². The van der Waals surface area contributed by atoms with E-state index >= 15 is 0 Å². The first-order valence-electron chi connectivity index (χ1n) is 8.23. The van der Waals surface area contributed by atoms with Gasteiger partial charge in [0.05, 0.1) is 5.92 Å². The molecule has 0 aromatic carbocycles. The second kappa shape index (κ2) is 8.90. The van der Waals surface area contributed by atoms with Crippen LogP contribution in [-0.2, 0) is 4.79 Å². The molecular weight excluding hydrogens is 268 g/mol. The van der Waals surface area contributed by atoms with Gasteiger partial charge < -0.3 is 15.3 Å². The molecule has 5 nitrogen and oxygen atoms in total. The Kier molecular flexibility index (Phi) is 7.54. The molecule has 0 saturated carbocycles. The van der Waals surface area contributed by atoms with Crippen LogP contribution in [0.1, 0.15) is 59.3 Å². The average molecular weight is 298 g/mol. The van der Waals surface area contributed by atoms with Crippen LogP contribution in [0.15, 0.2) is 0 Å². The molecule has 0 bridgehead atoms. The molecule has 0 spiro atoms. The lowest BCUT2D eigenvalue weighted by molar-refractivity contribution is -0.142. The summed E-state index contributed by atoms with van der Waals surface area (Å²) < 4.78 is 0. The quantitative estimate of drug-likeness (QED) is 0.759. The number of hydrogen-bond acceptors (Lipinski definition) is 2. The maximum atomic E-state index is 12.3. The van der Waals surface area contributed by atoms with Crippen molar-refractivity contribution in [2.24, 2.45) is 11.8 Å². The number of amides is 2. The summed E-state index contributed by atoms with van der Waals surface area (Å²) in [6.07, 6.45) is 5.98. The van der Waals surface area contributed by atoms with E-state index in [9.17, 15) is 14.7 Å². The second-order valence-corrected chi connectivity index (χ2v) is 6.48. The Balaban J connectivity index is 2.51. The molecule has 122 valence electrons. The molecule has 0 aliphatic carbocycles. The Morgan fingerprint density at radius 2 is 2.05 bits per heavy atom. The zero-order valence-corrected chi connectivity index (χ0v) is 13.6. The van der Waals surface area contributed by atoms with E-state index < -0.39 is 11.9 Å². The van der Waals surface area contributed by atoms with Crippen molar-refractivity contribution < 1.29 is 14.7 Å². The average Bonchev–Trinajstić information content (AvgIpc) is 2.43. The number of aliphatic carboxylic acids is 1. The van der Waals surface area contributed by atoms with Crippen molar-refractivity contribution >= 4 is 12.0 Å². The SMILES string of the molecule is CCCC1CCCCN1C(=O)NCC(CC(C)C)C(=O)O. The molecule has 1 rings (SSSR count). The molecule has 1 fully saturated rings. The summed E-state index contributed by atoms with van der Waals surface area (Å²) in [5.41, 5.74) is 0. The van der Waals surface area contributed by atoms with E-state index in [2.05, 4.69) is 12.2 Å². The van der Waals surface area contributed by atoms with Crippen molar-refractivity contribution in [3.8, 4) is 0 Å². The molecule has 5 heteroatoms. The highest BCUT2D eigenvalue weighted by molar-refractivity contribution is 5.76. The number of hydrogen-bond donors (Lipinski definition) is 2. The van der Waals surface area contributed by atoms with Crippen molar-refractivity contribution in [2.75, 3.05) is 13.1 Å². The van der Waals surface area contributed by atoms with E-state index in [-0.39, 0.29) is 12.6 Å². The zero-order chi connectivity index (χ0) is 15.8. The molecule has 0 aromatic rings. The van der Waals surface area contributed by atoms with Crippen LogP contribution in [0.25, 0.3) is 0 Å². The number of piperidine rings is 1. The fourth-order valence-corrected chi connectivity index (χ4v) is 3.05. The van der Waals surface area contributed by atoms with Gasteiger partial charge in [0.1, 0.15) is 0 Å². The number of urea groups is 1. The molecular formula is C16H30N2O3. The van der Waals surface area contributed by atoms with Gasteiger partial charge in [0.25, 0.3) is 0 Å². The number of rotatable bonds is 7. The maximum absolute atomic E-state index is 12.3. The Bertz CT molecular complexity index is 342. The zero-order valence-electron chi connectivity index (χ0n) is 13.6. The van der Waals surface area contributed by atoms with Crippen LogP contribution < -0.4 is 5.32 Å². The number of carboxylic acid groups (broad SMARTS) is 1. The molecule has 2 N–H and O–H groups in total. The van der Waals surface area contributed by atoms with Crippen LogP contribution in [0.5, 0.6) is 0 Å². The molecule has 0 radical (unpaired) electrons. The van der Waals surface area contributed by atoms with E-state index in [0.717, 1.165) is 32.2 Å². The van der Waals surface area contributed by atoms with Crippen LogP contribution in [0.2, 0.25) is 0 Å². The monoisotopic (exact) mass is 298 g/mol. The lowest BCUT2D eigenvalue weighted by Crippen LogP contribution is -2.50. The third kappa shape index (κ3) is 5.94. The predicted molar refractivity (Wildman–Crippen MR) is 83.2 cm³/mol. The normalized spacial score (nSPS) is 20.4. The highest BCUT2D eigenvalue weighted by Crippen LogP contribution is 2.21. The minimum atomic E-state index is -0.826. The van der Waals surface area contributed by atoms with Gasteiger partial charge in [-0.1, -0.05) is 27.2 Å². The summed E-state index contributed by atoms with van der Waals surface area (Å²) in [6, 6.07) is 0.222. The Labute approximate surface area is 128 Å². The lowest BCUT2D eigenvalue weighted by atomic mass is 9.97. The summed E-state index contributed by atoms with van der Waals surface area (Å²) in [7, 11) is 0. The molecule has 1 saturated heterocycles. The van der Waals surface area contributed by atoms with Gasteiger partial charge in [-0.2, -0.15) is 0 Å². The number of nitrogens with zero attached hydrogens (tertiary/aromatic N) is 1. The predicted octanol–water partition coefficient (Wildman–Crippen LogP) is 3.10. The number of nitrogens with one attached hydrogen (secondary N) is 1. The summed E-state index contributed by atoms with van der Waals surface area (Å²) in [6.45, 7) is 7.15. The third-order valence-electron chi connectivity index (χ3n) is 4.11. The van der Waals surface area contributed by atoms with Crippen molar-refractivity contribution in [1.82, 2.24) is 10.2 Å². The van der Waals surface area contributed by atoms with Crippen molar-refractivity contribution in [1.29, 1.82) is 0 Å². The fraction of sp³-hybridized carbons (Fsp3) is 0.875. The summed E-state index contributed by atoms with van der Waals surface area (Å²) >= 11 is 0. The van der Waals surface area contributed by atoms with Crippen LogP contribution in [0.4, 0.5) is 4.79 Å². The second-order valence-electron chi connectivity index (χ2n) is 6.48. The summed E-state index contributed by atoms with van der Waals surface area (Å²) in [5.74, 6) is -1.01. The van der Waals surface area contributed by atoms with Crippen LogP contribution in [-0.4, -0.2) is 41.1 Å².